The van der Waals surface area contributed by atoms with Crippen molar-refractivity contribution in [2.45, 2.75) is 13.8 Å². The molecule has 1 fully saturated rings. The van der Waals surface area contributed by atoms with Crippen LogP contribution in [0.15, 0.2) is 55.0 Å². The molecule has 5 heterocycles. The number of nitrogens with zero attached hydrogens (tertiary/aromatic N) is 6. The van der Waals surface area contributed by atoms with Crippen molar-refractivity contribution < 1.29 is 9.59 Å². The average molecular weight is 552 g/mol. The van der Waals surface area contributed by atoms with Crippen LogP contribution in [0.5, 0.6) is 0 Å². The van der Waals surface area contributed by atoms with Crippen molar-refractivity contribution in [3.8, 4) is 22.5 Å². The predicted octanol–water partition coefficient (Wildman–Crippen LogP) is 4.43. The van der Waals surface area contributed by atoms with Crippen LogP contribution in [0.1, 0.15) is 24.2 Å². The van der Waals surface area contributed by atoms with Gasteiger partial charge in [-0.2, -0.15) is 5.10 Å². The topological polar surface area (TPSA) is 126 Å². The van der Waals surface area contributed by atoms with Crippen LogP contribution in [-0.2, 0) is 0 Å². The Kier molecular flexibility index (Phi) is 7.10. The number of aromatic amines is 2. The molecule has 0 saturated carbocycles. The molecule has 41 heavy (non-hydrogen) atoms. The number of piperazine rings is 1. The summed E-state index contributed by atoms with van der Waals surface area (Å²) >= 11 is 0. The fourth-order valence-corrected chi connectivity index (χ4v) is 5.30. The number of aromatic nitrogens is 5. The maximum Gasteiger partial charge on any atom is 0.321 e. The van der Waals surface area contributed by atoms with Crippen molar-refractivity contribution in [3.05, 3.63) is 60.6 Å². The molecular formula is C30H33N9O2. The molecule has 0 radical (unpaired) electrons. The number of pyridine rings is 2. The monoisotopic (exact) mass is 551 g/mol. The van der Waals surface area contributed by atoms with Crippen LogP contribution in [0, 0.1) is 0 Å². The third-order valence-corrected chi connectivity index (χ3v) is 7.74. The summed E-state index contributed by atoms with van der Waals surface area (Å²) in [5, 5.41) is 12.2. The molecule has 1 aromatic carbocycles. The second-order valence-electron chi connectivity index (χ2n) is 10.3. The Labute approximate surface area is 237 Å². The highest BCUT2D eigenvalue weighted by Crippen LogP contribution is 2.32. The smallest absolute Gasteiger partial charge is 0.321 e. The second-order valence-corrected chi connectivity index (χ2v) is 10.3. The van der Waals surface area contributed by atoms with E-state index in [1.165, 1.54) is 0 Å². The number of hydrogen-bond acceptors (Lipinski definition) is 6. The van der Waals surface area contributed by atoms with Crippen LogP contribution in [0.25, 0.3) is 44.5 Å². The van der Waals surface area contributed by atoms with Gasteiger partial charge in [-0.1, -0.05) is 6.07 Å². The van der Waals surface area contributed by atoms with Gasteiger partial charge in [0.2, 0.25) is 0 Å². The lowest BCUT2D eigenvalue weighted by atomic mass is 10.1. The Morgan fingerprint density at radius 2 is 1.76 bits per heavy atom. The van der Waals surface area contributed by atoms with Crippen LogP contribution in [0.2, 0.25) is 0 Å². The number of rotatable bonds is 6. The summed E-state index contributed by atoms with van der Waals surface area (Å²) in [6.45, 7) is 8.37. The molecular weight excluding hydrogens is 518 g/mol. The van der Waals surface area contributed by atoms with Crippen molar-refractivity contribution in [3.63, 3.8) is 0 Å². The molecule has 5 aromatic rings. The van der Waals surface area contributed by atoms with E-state index in [4.69, 9.17) is 0 Å². The first-order valence-corrected chi connectivity index (χ1v) is 13.9. The van der Waals surface area contributed by atoms with Gasteiger partial charge >= 0.3 is 6.03 Å². The van der Waals surface area contributed by atoms with E-state index < -0.39 is 0 Å². The largest absolute Gasteiger partial charge is 0.353 e. The summed E-state index contributed by atoms with van der Waals surface area (Å²) in [5.41, 5.74) is 6.00. The first-order valence-electron chi connectivity index (χ1n) is 13.9. The number of benzene rings is 1. The Bertz CT molecular complexity index is 1730. The minimum atomic E-state index is -0.125. The molecule has 0 bridgehead atoms. The summed E-state index contributed by atoms with van der Waals surface area (Å²) in [6, 6.07) is 11.5. The number of likely N-dealkylation sites (N-methyl/N-ethyl adjacent to an activating group) is 1. The van der Waals surface area contributed by atoms with Gasteiger partial charge in [-0.25, -0.2) is 9.78 Å². The second kappa shape index (κ2) is 11.0. The molecule has 0 unspecified atom stereocenters. The molecule has 210 valence electrons. The molecule has 1 aliphatic heterocycles. The van der Waals surface area contributed by atoms with Crippen molar-refractivity contribution >= 4 is 39.6 Å². The van der Waals surface area contributed by atoms with Crippen LogP contribution >= 0.6 is 0 Å². The molecule has 11 heteroatoms. The van der Waals surface area contributed by atoms with Crippen LogP contribution in [0.4, 0.5) is 10.5 Å². The van der Waals surface area contributed by atoms with Crippen LogP contribution in [0.3, 0.4) is 0 Å². The third-order valence-electron chi connectivity index (χ3n) is 7.74. The van der Waals surface area contributed by atoms with E-state index in [1.54, 1.807) is 18.6 Å². The molecule has 1 aliphatic rings. The molecule has 1 saturated heterocycles. The average Bonchev–Trinajstić information content (AvgIpc) is 3.62. The number of fused-ring (bicyclic) bond motifs is 2. The highest BCUT2D eigenvalue weighted by Gasteiger charge is 2.21. The number of urea groups is 1. The van der Waals surface area contributed by atoms with Crippen molar-refractivity contribution in [1.29, 1.82) is 0 Å². The lowest BCUT2D eigenvalue weighted by Crippen LogP contribution is -2.48. The highest BCUT2D eigenvalue weighted by atomic mass is 16.2. The number of hydrogen-bond donors (Lipinski definition) is 3. The fourth-order valence-electron chi connectivity index (χ4n) is 5.30. The van der Waals surface area contributed by atoms with Gasteiger partial charge in [0.25, 0.3) is 5.91 Å². The summed E-state index contributed by atoms with van der Waals surface area (Å²) in [5.74, 6) is 0.0108. The highest BCUT2D eigenvalue weighted by molar-refractivity contribution is 6.08. The number of H-pyrrole nitrogens is 2. The molecule has 3 N–H and O–H groups in total. The lowest BCUT2D eigenvalue weighted by Gasteiger charge is -2.32. The molecule has 4 aromatic heterocycles. The normalized spacial score (nSPS) is 14.1. The van der Waals surface area contributed by atoms with E-state index in [1.807, 2.05) is 60.0 Å². The van der Waals surface area contributed by atoms with Crippen LogP contribution in [-0.4, -0.2) is 98.1 Å². The van der Waals surface area contributed by atoms with Gasteiger partial charge in [0.15, 0.2) is 5.65 Å². The van der Waals surface area contributed by atoms with Crippen molar-refractivity contribution in [2.24, 2.45) is 0 Å². The molecule has 11 nitrogen and oxygen atoms in total. The standard InChI is InChI=1S/C30H33N9O2/c1-4-38(5-2)29(40)22-7-6-8-25-23(22)15-26(34-25)27-24-14-20(17-32-28(24)36-35-27)19-13-21(18-31-16-19)33-30(41)39-11-9-37(3)10-12-39/h6-8,13-18,34H,4-5,9-12H2,1-3H3,(H,33,41)(H,32,35,36). The fraction of sp³-hybridized carbons (Fsp3) is 0.300. The Balaban J connectivity index is 1.30. The van der Waals surface area contributed by atoms with E-state index in [0.29, 0.717) is 43.1 Å². The number of nitrogens with one attached hydrogen (secondary N) is 3. The van der Waals surface area contributed by atoms with Gasteiger partial charge in [0.1, 0.15) is 0 Å². The zero-order valence-corrected chi connectivity index (χ0v) is 23.4. The van der Waals surface area contributed by atoms with Crippen molar-refractivity contribution in [2.75, 3.05) is 51.6 Å². The maximum absolute atomic E-state index is 13.2. The third kappa shape index (κ3) is 5.11. The van der Waals surface area contributed by atoms with Crippen molar-refractivity contribution in [1.82, 2.24) is 39.8 Å². The molecule has 0 atom stereocenters. The molecule has 6 rings (SSSR count). The zero-order valence-electron chi connectivity index (χ0n) is 23.4. The van der Waals surface area contributed by atoms with Gasteiger partial charge in [0, 0.05) is 84.6 Å². The SMILES string of the molecule is CCN(CC)C(=O)c1cccc2[nH]c(-c3[nH]nc4ncc(-c5cncc(NC(=O)N6CCN(C)CC6)c5)cc34)cc12. The minimum Gasteiger partial charge on any atom is -0.353 e. The van der Waals surface area contributed by atoms with E-state index >= 15 is 0 Å². The first-order chi connectivity index (χ1) is 19.9. The van der Waals surface area contributed by atoms with E-state index in [0.717, 1.165) is 51.9 Å². The summed E-state index contributed by atoms with van der Waals surface area (Å²) in [6.07, 6.45) is 5.15. The molecule has 0 aliphatic carbocycles. The Morgan fingerprint density at radius 1 is 0.976 bits per heavy atom. The number of anilines is 1. The number of amides is 3. The Hall–Kier alpha value is -4.77. The summed E-state index contributed by atoms with van der Waals surface area (Å²) in [7, 11) is 2.06. The van der Waals surface area contributed by atoms with E-state index in [2.05, 4.69) is 42.4 Å². The van der Waals surface area contributed by atoms with Gasteiger partial charge in [-0.05, 0) is 51.2 Å². The predicted molar refractivity (Wildman–Crippen MR) is 160 cm³/mol. The maximum atomic E-state index is 13.2. The van der Waals surface area contributed by atoms with E-state index in [-0.39, 0.29) is 11.9 Å². The quantitative estimate of drug-likeness (QED) is 0.287. The molecule has 0 spiro atoms. The number of carbonyl (C=O) groups excluding carboxylic acids is 2. The summed E-state index contributed by atoms with van der Waals surface area (Å²) < 4.78 is 0. The van der Waals surface area contributed by atoms with Gasteiger partial charge in [0.05, 0.1) is 23.3 Å². The number of carbonyl (C=O) groups is 2. The molecule has 3 amide bonds. The zero-order chi connectivity index (χ0) is 28.5. The minimum absolute atomic E-state index is 0.0108. The lowest BCUT2D eigenvalue weighted by molar-refractivity contribution is 0.0775. The first kappa shape index (κ1) is 26.5. The van der Waals surface area contributed by atoms with Gasteiger partial charge < -0.3 is 25.0 Å². The van der Waals surface area contributed by atoms with Gasteiger partial charge in [-0.3, -0.25) is 14.9 Å². The Morgan fingerprint density at radius 3 is 2.54 bits per heavy atom. The van der Waals surface area contributed by atoms with Gasteiger partial charge in [-0.15, -0.1) is 0 Å². The van der Waals surface area contributed by atoms with Crippen LogP contribution < -0.4 is 5.32 Å². The summed E-state index contributed by atoms with van der Waals surface area (Å²) in [4.78, 5) is 44.2. The van der Waals surface area contributed by atoms with E-state index in [9.17, 15) is 9.59 Å².